The predicted molar refractivity (Wildman–Crippen MR) is 192 cm³/mol. The first-order valence-corrected chi connectivity index (χ1v) is 17.6. The van der Waals surface area contributed by atoms with Crippen molar-refractivity contribution in [1.82, 2.24) is 0 Å². The Labute approximate surface area is 321 Å². The van der Waals surface area contributed by atoms with Crippen LogP contribution in [-0.4, -0.2) is 121 Å². The first kappa shape index (κ1) is 40.2. The summed E-state index contributed by atoms with van der Waals surface area (Å²) in [6.45, 7) is -1.16. The summed E-state index contributed by atoms with van der Waals surface area (Å²) in [5.41, 5.74) is 0.519. The van der Waals surface area contributed by atoms with Crippen molar-refractivity contribution in [3.63, 3.8) is 0 Å². The maximum Gasteiger partial charge on any atom is 0.338 e. The van der Waals surface area contributed by atoms with E-state index in [1.807, 2.05) is 0 Å². The lowest BCUT2D eigenvalue weighted by atomic mass is 9.97. The van der Waals surface area contributed by atoms with Crippen LogP contribution in [0.4, 0.5) is 0 Å². The van der Waals surface area contributed by atoms with Gasteiger partial charge in [0.2, 0.25) is 0 Å². The lowest BCUT2D eigenvalue weighted by Gasteiger charge is -2.45. The van der Waals surface area contributed by atoms with E-state index in [-0.39, 0.29) is 22.3 Å². The molecule has 0 aromatic heterocycles. The molecule has 2 saturated heterocycles. The van der Waals surface area contributed by atoms with E-state index in [9.17, 15) is 34.5 Å². The lowest BCUT2D eigenvalue weighted by Crippen LogP contribution is -2.64. The minimum atomic E-state index is -1.70. The summed E-state index contributed by atoms with van der Waals surface area (Å²) in [4.78, 5) is 54.3. The molecule has 0 bridgehead atoms. The largest absolute Gasteiger partial charge is 0.459 e. The third-order valence-electron chi connectivity index (χ3n) is 9.06. The smallest absolute Gasteiger partial charge is 0.338 e. The third kappa shape index (κ3) is 9.64. The molecule has 294 valence electrons. The van der Waals surface area contributed by atoms with Gasteiger partial charge in [-0.2, -0.15) is 0 Å². The molecule has 0 unspecified atom stereocenters. The minimum Gasteiger partial charge on any atom is -0.459 e. The maximum absolute atomic E-state index is 13.8. The molecule has 15 nitrogen and oxygen atoms in total. The van der Waals surface area contributed by atoms with E-state index < -0.39 is 98.5 Å². The van der Waals surface area contributed by atoms with Gasteiger partial charge in [-0.25, -0.2) is 19.2 Å². The van der Waals surface area contributed by atoms with Crippen molar-refractivity contribution < 1.29 is 72.4 Å². The van der Waals surface area contributed by atoms with Gasteiger partial charge in [0.1, 0.15) is 37.1 Å². The number of benzene rings is 4. The van der Waals surface area contributed by atoms with Gasteiger partial charge in [0.25, 0.3) is 0 Å². The molecule has 0 spiro atoms. The highest BCUT2D eigenvalue weighted by atomic mass is 16.7. The van der Waals surface area contributed by atoms with Gasteiger partial charge in [0.15, 0.2) is 30.9 Å². The number of ether oxygens (including phenoxy) is 8. The molecule has 0 aliphatic carbocycles. The number of methoxy groups -OCH3 is 1. The molecule has 10 atom stereocenters. The molecule has 56 heavy (non-hydrogen) atoms. The molecule has 4 aromatic rings. The highest BCUT2D eigenvalue weighted by Crippen LogP contribution is 2.33. The van der Waals surface area contributed by atoms with Crippen molar-refractivity contribution in [2.24, 2.45) is 0 Å². The molecular weight excluding hydrogens is 732 g/mol. The Morgan fingerprint density at radius 2 is 0.893 bits per heavy atom. The van der Waals surface area contributed by atoms with Crippen molar-refractivity contribution in [3.8, 4) is 0 Å². The molecule has 4 aromatic carbocycles. The van der Waals surface area contributed by atoms with E-state index in [0.717, 1.165) is 0 Å². The maximum atomic E-state index is 13.8. The van der Waals surface area contributed by atoms with Gasteiger partial charge in [0.05, 0.1) is 28.9 Å². The Bertz CT molecular complexity index is 1890. The van der Waals surface area contributed by atoms with Crippen LogP contribution < -0.4 is 0 Å². The molecule has 6 rings (SSSR count). The van der Waals surface area contributed by atoms with Gasteiger partial charge >= 0.3 is 23.9 Å². The Hall–Kier alpha value is -5.52. The van der Waals surface area contributed by atoms with Gasteiger partial charge in [0, 0.05) is 7.11 Å². The number of aliphatic hydroxyl groups is 3. The van der Waals surface area contributed by atoms with E-state index in [1.54, 1.807) is 72.8 Å². The number of carbonyl (C=O) groups excluding carboxylic acids is 4. The Kier molecular flexibility index (Phi) is 13.5. The third-order valence-corrected chi connectivity index (χ3v) is 9.06. The van der Waals surface area contributed by atoms with E-state index >= 15 is 0 Å². The van der Waals surface area contributed by atoms with Gasteiger partial charge in [-0.15, -0.1) is 0 Å². The number of carbonyl (C=O) groups is 4. The molecule has 2 aliphatic heterocycles. The van der Waals surface area contributed by atoms with Gasteiger partial charge in [-0.1, -0.05) is 72.8 Å². The molecular formula is C41H40O15. The molecule has 0 amide bonds. The van der Waals surface area contributed by atoms with Gasteiger partial charge in [-0.05, 0) is 48.5 Å². The highest BCUT2D eigenvalue weighted by Gasteiger charge is 2.54. The van der Waals surface area contributed by atoms with Crippen LogP contribution in [0.1, 0.15) is 41.4 Å². The monoisotopic (exact) mass is 772 g/mol. The predicted octanol–water partition coefficient (Wildman–Crippen LogP) is 2.72. The summed E-state index contributed by atoms with van der Waals surface area (Å²) >= 11 is 0. The summed E-state index contributed by atoms with van der Waals surface area (Å²) in [7, 11) is 1.23. The van der Waals surface area contributed by atoms with Crippen molar-refractivity contribution in [2.45, 2.75) is 61.4 Å². The standard InChI is InChI=1S/C41H40O15/c1-49-40-32(44)31(43)30(42)28(52-40)22-51-41-35(56-39(48)27-20-12-5-13-21-27)34(55-38(47)26-18-10-4-11-19-26)33(54-37(46)25-16-8-3-9-17-25)29(53-41)23-50-36(45)24-14-6-2-7-15-24/h2-21,28-35,40-44H,22-23H2,1H3/t28-,29-,30+,31+,32-,33-,34+,35-,40-,41-/m1/s1. The molecule has 2 heterocycles. The summed E-state index contributed by atoms with van der Waals surface area (Å²) in [6, 6.07) is 31.7. The number of aliphatic hydroxyl groups excluding tert-OH is 3. The zero-order valence-electron chi connectivity index (χ0n) is 30.0. The average Bonchev–Trinajstić information content (AvgIpc) is 3.24. The molecule has 2 aliphatic rings. The van der Waals surface area contributed by atoms with Gasteiger partial charge in [-0.3, -0.25) is 0 Å². The molecule has 0 radical (unpaired) electrons. The number of esters is 4. The summed E-state index contributed by atoms with van der Waals surface area (Å²) < 4.78 is 46.7. The van der Waals surface area contributed by atoms with Crippen LogP contribution in [0.15, 0.2) is 121 Å². The van der Waals surface area contributed by atoms with Crippen molar-refractivity contribution in [3.05, 3.63) is 144 Å². The van der Waals surface area contributed by atoms with E-state index in [1.165, 1.54) is 55.6 Å². The lowest BCUT2D eigenvalue weighted by molar-refractivity contribution is -0.327. The normalized spacial score (nSPS) is 27.4. The fraction of sp³-hybridized carbons (Fsp3) is 0.317. The first-order chi connectivity index (χ1) is 27.1. The van der Waals surface area contributed by atoms with Crippen molar-refractivity contribution in [2.75, 3.05) is 20.3 Å². The van der Waals surface area contributed by atoms with Crippen LogP contribution in [-0.2, 0) is 37.9 Å². The molecule has 15 heteroatoms. The van der Waals surface area contributed by atoms with E-state index in [2.05, 4.69) is 0 Å². The van der Waals surface area contributed by atoms with Crippen LogP contribution in [0.2, 0.25) is 0 Å². The number of hydrogen-bond acceptors (Lipinski definition) is 15. The van der Waals surface area contributed by atoms with Crippen LogP contribution in [0.25, 0.3) is 0 Å². The second-order valence-electron chi connectivity index (χ2n) is 12.8. The SMILES string of the molecule is CO[C@@H]1O[C@H](CO[C@@H]2O[C@H](COC(=O)c3ccccc3)[C@@H](OC(=O)c3ccccc3)[C@H](OC(=O)c3ccccc3)[C@H]2OC(=O)c2ccccc2)[C@H](O)[C@H](O)[C@H]1O. The van der Waals surface area contributed by atoms with Crippen molar-refractivity contribution >= 4 is 23.9 Å². The number of rotatable bonds is 13. The zero-order valence-corrected chi connectivity index (χ0v) is 30.0. The average molecular weight is 773 g/mol. The quantitative estimate of drug-likeness (QED) is 0.132. The second kappa shape index (κ2) is 18.9. The summed E-state index contributed by atoms with van der Waals surface area (Å²) in [6.07, 6.45) is -15.8. The van der Waals surface area contributed by atoms with Crippen molar-refractivity contribution in [1.29, 1.82) is 0 Å². The van der Waals surface area contributed by atoms with Crippen LogP contribution in [0, 0.1) is 0 Å². The zero-order chi connectivity index (χ0) is 39.6. The van der Waals surface area contributed by atoms with Gasteiger partial charge < -0.3 is 53.2 Å². The van der Waals surface area contributed by atoms with E-state index in [4.69, 9.17) is 37.9 Å². The fourth-order valence-corrected chi connectivity index (χ4v) is 6.10. The van der Waals surface area contributed by atoms with Crippen LogP contribution in [0.5, 0.6) is 0 Å². The Balaban J connectivity index is 1.39. The molecule has 0 saturated carbocycles. The van der Waals surface area contributed by atoms with Crippen LogP contribution in [0.3, 0.4) is 0 Å². The highest BCUT2D eigenvalue weighted by molar-refractivity contribution is 5.91. The Morgan fingerprint density at radius 1 is 0.482 bits per heavy atom. The minimum absolute atomic E-state index is 0.0988. The molecule has 3 N–H and O–H groups in total. The Morgan fingerprint density at radius 3 is 1.36 bits per heavy atom. The summed E-state index contributed by atoms with van der Waals surface area (Å²) in [5.74, 6) is -3.43. The van der Waals surface area contributed by atoms with E-state index in [0.29, 0.717) is 0 Å². The molecule has 2 fully saturated rings. The van der Waals surface area contributed by atoms with Crippen LogP contribution >= 0.6 is 0 Å². The topological polar surface area (TPSA) is 203 Å². The summed E-state index contributed by atoms with van der Waals surface area (Å²) in [5, 5.41) is 31.6. The second-order valence-corrected chi connectivity index (χ2v) is 12.8. The fourth-order valence-electron chi connectivity index (χ4n) is 6.10. The number of hydrogen-bond donors (Lipinski definition) is 3. The first-order valence-electron chi connectivity index (χ1n) is 17.6.